The zero-order valence-electron chi connectivity index (χ0n) is 10.3. The van der Waals surface area contributed by atoms with Crippen molar-refractivity contribution >= 4 is 17.3 Å². The first kappa shape index (κ1) is 14.1. The number of rotatable bonds is 7. The minimum atomic E-state index is -0.966. The molecule has 0 aromatic carbocycles. The Labute approximate surface area is 105 Å². The molecule has 0 aliphatic heterocycles. The summed E-state index contributed by atoms with van der Waals surface area (Å²) < 4.78 is 5.44. The molecule has 1 N–H and O–H groups in total. The summed E-state index contributed by atoms with van der Waals surface area (Å²) in [5, 5.41) is 10.7. The van der Waals surface area contributed by atoms with E-state index in [1.165, 1.54) is 0 Å². The average Bonchev–Trinajstić information content (AvgIpc) is 2.65. The molecule has 0 saturated heterocycles. The molecule has 1 aromatic heterocycles. The lowest BCUT2D eigenvalue weighted by atomic mass is 10.4. The monoisotopic (exact) mass is 258 g/mol. The van der Waals surface area contributed by atoms with E-state index in [1.807, 2.05) is 20.9 Å². The lowest BCUT2D eigenvalue weighted by Crippen LogP contribution is -2.24. The Morgan fingerprint density at radius 2 is 2.35 bits per heavy atom. The third kappa shape index (κ3) is 5.25. The predicted molar refractivity (Wildman–Crippen MR) is 66.5 cm³/mol. The first-order chi connectivity index (χ1) is 7.99. The van der Waals surface area contributed by atoms with Crippen LogP contribution in [0.3, 0.4) is 0 Å². The minimum Gasteiger partial charge on any atom is -0.476 e. The molecule has 0 radical (unpaired) electrons. The molecule has 1 heterocycles. The average molecular weight is 258 g/mol. The molecule has 1 aromatic rings. The van der Waals surface area contributed by atoms with Gasteiger partial charge < -0.3 is 9.84 Å². The summed E-state index contributed by atoms with van der Waals surface area (Å²) in [6.45, 7) is 6.12. The maximum absolute atomic E-state index is 10.7. The van der Waals surface area contributed by atoms with Crippen molar-refractivity contribution in [1.82, 2.24) is 9.88 Å². The van der Waals surface area contributed by atoms with E-state index in [0.29, 0.717) is 13.2 Å². The van der Waals surface area contributed by atoms with Crippen LogP contribution in [0.25, 0.3) is 0 Å². The van der Waals surface area contributed by atoms with E-state index >= 15 is 0 Å². The third-order valence-corrected chi connectivity index (χ3v) is 2.97. The molecule has 0 bridgehead atoms. The second-order valence-electron chi connectivity index (χ2n) is 4.11. The first-order valence-corrected chi connectivity index (χ1v) is 6.35. The Bertz CT molecular complexity index is 365. The number of likely N-dealkylation sites (N-methyl/N-ethyl adjacent to an activating group) is 1. The Balaban J connectivity index is 2.34. The van der Waals surface area contributed by atoms with Crippen molar-refractivity contribution in [2.24, 2.45) is 0 Å². The van der Waals surface area contributed by atoms with E-state index in [1.54, 1.807) is 5.38 Å². The van der Waals surface area contributed by atoms with Gasteiger partial charge in [0.05, 0.1) is 18.4 Å². The maximum atomic E-state index is 10.7. The summed E-state index contributed by atoms with van der Waals surface area (Å²) in [5.74, 6) is -0.966. The molecule has 0 aliphatic rings. The molecular formula is C11H18N2O3S. The number of hydrogen-bond acceptors (Lipinski definition) is 5. The van der Waals surface area contributed by atoms with Gasteiger partial charge in [-0.05, 0) is 20.9 Å². The topological polar surface area (TPSA) is 62.7 Å². The fraction of sp³-hybridized carbons (Fsp3) is 0.636. The van der Waals surface area contributed by atoms with Crippen LogP contribution in [0.2, 0.25) is 0 Å². The largest absolute Gasteiger partial charge is 0.476 e. The second kappa shape index (κ2) is 6.68. The Morgan fingerprint density at radius 3 is 2.88 bits per heavy atom. The molecule has 5 nitrogen and oxygen atoms in total. The molecule has 17 heavy (non-hydrogen) atoms. The zero-order valence-corrected chi connectivity index (χ0v) is 11.2. The molecule has 6 heteroatoms. The number of carbonyl (C=O) groups is 1. The van der Waals surface area contributed by atoms with Crippen LogP contribution in [-0.2, 0) is 11.3 Å². The molecule has 0 amide bonds. The van der Waals surface area contributed by atoms with E-state index in [9.17, 15) is 4.79 Å². The van der Waals surface area contributed by atoms with Crippen LogP contribution >= 0.6 is 11.3 Å². The number of hydrogen-bond donors (Lipinski definition) is 1. The minimum absolute atomic E-state index is 0.145. The third-order valence-electron chi connectivity index (χ3n) is 2.09. The van der Waals surface area contributed by atoms with Crippen molar-refractivity contribution in [3.05, 3.63) is 16.1 Å². The number of aromatic nitrogens is 1. The van der Waals surface area contributed by atoms with Crippen molar-refractivity contribution in [2.75, 3.05) is 20.2 Å². The van der Waals surface area contributed by atoms with Gasteiger partial charge in [0.25, 0.3) is 0 Å². The summed E-state index contributed by atoms with van der Waals surface area (Å²) in [6.07, 6.45) is 0.237. The van der Waals surface area contributed by atoms with Gasteiger partial charge in [0.2, 0.25) is 5.01 Å². The smallest absolute Gasteiger partial charge is 0.365 e. The predicted octanol–water partition coefficient (Wildman–Crippen LogP) is 1.70. The quantitative estimate of drug-likeness (QED) is 0.806. The highest BCUT2D eigenvalue weighted by atomic mass is 32.1. The van der Waals surface area contributed by atoms with Gasteiger partial charge in [-0.25, -0.2) is 9.78 Å². The highest BCUT2D eigenvalue weighted by molar-refractivity contribution is 7.11. The van der Waals surface area contributed by atoms with E-state index in [0.717, 1.165) is 23.6 Å². The Hall–Kier alpha value is -0.980. The number of carboxylic acid groups (broad SMARTS) is 1. The molecular weight excluding hydrogens is 240 g/mol. The van der Waals surface area contributed by atoms with E-state index in [-0.39, 0.29) is 11.1 Å². The Morgan fingerprint density at radius 1 is 1.65 bits per heavy atom. The molecule has 0 unspecified atom stereocenters. The number of nitrogens with zero attached hydrogens (tertiary/aromatic N) is 2. The lowest BCUT2D eigenvalue weighted by molar-refractivity contribution is 0.0623. The second-order valence-corrected chi connectivity index (χ2v) is 4.96. The van der Waals surface area contributed by atoms with Crippen LogP contribution in [-0.4, -0.2) is 47.3 Å². The molecule has 96 valence electrons. The summed E-state index contributed by atoms with van der Waals surface area (Å²) in [4.78, 5) is 16.7. The van der Waals surface area contributed by atoms with Crippen molar-refractivity contribution in [3.63, 3.8) is 0 Å². The molecule has 0 fully saturated rings. The van der Waals surface area contributed by atoms with Crippen molar-refractivity contribution in [3.8, 4) is 0 Å². The summed E-state index contributed by atoms with van der Waals surface area (Å²) in [5.41, 5.74) is 0.791. The highest BCUT2D eigenvalue weighted by Gasteiger charge is 2.10. The van der Waals surface area contributed by atoms with Crippen LogP contribution in [0.5, 0.6) is 0 Å². The maximum Gasteiger partial charge on any atom is 0.365 e. The molecule has 0 aliphatic carbocycles. The van der Waals surface area contributed by atoms with Crippen LogP contribution in [0.15, 0.2) is 5.38 Å². The number of aromatic carboxylic acids is 1. The molecule has 0 atom stereocenters. The normalized spacial score (nSPS) is 11.4. The van der Waals surface area contributed by atoms with Gasteiger partial charge in [0.1, 0.15) is 0 Å². The standard InChI is InChI=1S/C11H18N2O3S/c1-8(2)16-5-4-13(3)6-9-7-17-10(12-9)11(14)15/h7-8H,4-6H2,1-3H3,(H,14,15). The van der Waals surface area contributed by atoms with Crippen LogP contribution in [0.1, 0.15) is 29.3 Å². The summed E-state index contributed by atoms with van der Waals surface area (Å²) in [7, 11) is 1.96. The van der Waals surface area contributed by atoms with Gasteiger partial charge in [-0.15, -0.1) is 11.3 Å². The summed E-state index contributed by atoms with van der Waals surface area (Å²) in [6, 6.07) is 0. The van der Waals surface area contributed by atoms with Crippen molar-refractivity contribution in [1.29, 1.82) is 0 Å². The fourth-order valence-corrected chi connectivity index (χ4v) is 1.92. The van der Waals surface area contributed by atoms with Crippen molar-refractivity contribution < 1.29 is 14.6 Å². The molecule has 0 spiro atoms. The van der Waals surface area contributed by atoms with Gasteiger partial charge in [0.15, 0.2) is 0 Å². The zero-order chi connectivity index (χ0) is 12.8. The molecule has 0 saturated carbocycles. The van der Waals surface area contributed by atoms with E-state index in [4.69, 9.17) is 9.84 Å². The van der Waals surface area contributed by atoms with Crippen molar-refractivity contribution in [2.45, 2.75) is 26.5 Å². The SMILES string of the molecule is CC(C)OCCN(C)Cc1csc(C(=O)O)n1. The highest BCUT2D eigenvalue weighted by Crippen LogP contribution is 2.11. The number of thiazole rings is 1. The van der Waals surface area contributed by atoms with Gasteiger partial charge in [-0.1, -0.05) is 0 Å². The summed E-state index contributed by atoms with van der Waals surface area (Å²) >= 11 is 1.16. The number of ether oxygens (including phenoxy) is 1. The molecule has 1 rings (SSSR count). The first-order valence-electron chi connectivity index (χ1n) is 5.47. The van der Waals surface area contributed by atoms with E-state index in [2.05, 4.69) is 9.88 Å². The Kier molecular flexibility index (Phi) is 5.54. The van der Waals surface area contributed by atoms with Crippen LogP contribution < -0.4 is 0 Å². The van der Waals surface area contributed by atoms with Gasteiger partial charge in [-0.3, -0.25) is 4.90 Å². The number of carboxylic acids is 1. The van der Waals surface area contributed by atoms with Gasteiger partial charge >= 0.3 is 5.97 Å². The van der Waals surface area contributed by atoms with Crippen LogP contribution in [0.4, 0.5) is 0 Å². The fourth-order valence-electron chi connectivity index (χ4n) is 1.28. The lowest BCUT2D eigenvalue weighted by Gasteiger charge is -2.16. The van der Waals surface area contributed by atoms with Gasteiger partial charge in [0, 0.05) is 18.5 Å². The van der Waals surface area contributed by atoms with E-state index < -0.39 is 5.97 Å². The van der Waals surface area contributed by atoms with Gasteiger partial charge in [-0.2, -0.15) is 0 Å². The van der Waals surface area contributed by atoms with Crippen LogP contribution in [0, 0.1) is 0 Å².